The van der Waals surface area contributed by atoms with E-state index < -0.39 is 17.7 Å². The van der Waals surface area contributed by atoms with E-state index in [-0.39, 0.29) is 5.69 Å². The van der Waals surface area contributed by atoms with E-state index in [9.17, 15) is 14.4 Å². The molecule has 3 amide bonds. The van der Waals surface area contributed by atoms with Crippen LogP contribution in [0.25, 0.3) is 10.9 Å². The van der Waals surface area contributed by atoms with Gasteiger partial charge in [0.05, 0.1) is 5.52 Å². The first-order chi connectivity index (χ1) is 15.3. The zero-order valence-electron chi connectivity index (χ0n) is 17.5. The van der Waals surface area contributed by atoms with Gasteiger partial charge in [-0.25, -0.2) is 4.68 Å². The van der Waals surface area contributed by atoms with Gasteiger partial charge in [0.2, 0.25) is 0 Å². The number of rotatable bonds is 7. The second kappa shape index (κ2) is 10.8. The van der Waals surface area contributed by atoms with Gasteiger partial charge in [0.25, 0.3) is 5.91 Å². The summed E-state index contributed by atoms with van der Waals surface area (Å²) in [5.74, 6) is -2.10. The van der Waals surface area contributed by atoms with Crippen LogP contribution < -0.4 is 16.1 Å². The summed E-state index contributed by atoms with van der Waals surface area (Å²) in [4.78, 5) is 37.8. The highest BCUT2D eigenvalue weighted by molar-refractivity contribution is 9.10. The molecule has 32 heavy (non-hydrogen) atoms. The summed E-state index contributed by atoms with van der Waals surface area (Å²) in [5.41, 5.74) is 4.80. The Morgan fingerprint density at radius 3 is 2.44 bits per heavy atom. The molecule has 3 N–H and O–H groups in total. The predicted octanol–water partition coefficient (Wildman–Crippen LogP) is 3.95. The van der Waals surface area contributed by atoms with E-state index in [2.05, 4.69) is 47.9 Å². The SMILES string of the molecule is COCCCNC(=O)C(=O)Nn1c(C(=O)Nc2ccc(Br)cc2C)cc2cc(Br)ccc21. The molecule has 0 saturated heterocycles. The zero-order chi connectivity index (χ0) is 23.3. The standard InChI is InChI=1S/C22H22Br2N4O4/c1-13-10-15(23)4-6-17(13)26-20(29)19-12-14-11-16(24)5-7-18(14)28(19)27-22(31)21(30)25-8-3-9-32-2/h4-7,10-12H,3,8-9H2,1-2H3,(H,25,30)(H,26,29)(H,27,31). The van der Waals surface area contributed by atoms with Crippen molar-refractivity contribution >= 4 is 66.2 Å². The van der Waals surface area contributed by atoms with Crippen LogP contribution >= 0.6 is 31.9 Å². The number of carbonyl (C=O) groups is 3. The Kier molecular flexibility index (Phi) is 8.05. The summed E-state index contributed by atoms with van der Waals surface area (Å²) in [7, 11) is 1.56. The van der Waals surface area contributed by atoms with Gasteiger partial charge in [-0.3, -0.25) is 19.8 Å². The number of fused-ring (bicyclic) bond motifs is 1. The Balaban J connectivity index is 1.87. The lowest BCUT2D eigenvalue weighted by Crippen LogP contribution is -2.40. The molecule has 3 aromatic rings. The molecule has 0 atom stereocenters. The van der Waals surface area contributed by atoms with Crippen molar-refractivity contribution in [1.29, 1.82) is 0 Å². The number of nitrogens with one attached hydrogen (secondary N) is 3. The van der Waals surface area contributed by atoms with Crippen LogP contribution in [0.3, 0.4) is 0 Å². The molecule has 1 heterocycles. The Bertz CT molecular complexity index is 1180. The lowest BCUT2D eigenvalue weighted by atomic mass is 10.2. The molecule has 0 fully saturated rings. The average Bonchev–Trinajstić information content (AvgIpc) is 3.10. The molecule has 0 spiro atoms. The van der Waals surface area contributed by atoms with Gasteiger partial charge >= 0.3 is 11.8 Å². The number of aryl methyl sites for hydroxylation is 1. The molecule has 168 valence electrons. The lowest BCUT2D eigenvalue weighted by Gasteiger charge is -2.13. The minimum Gasteiger partial charge on any atom is -0.385 e. The molecule has 10 heteroatoms. The van der Waals surface area contributed by atoms with Gasteiger partial charge in [0.1, 0.15) is 5.69 Å². The van der Waals surface area contributed by atoms with Gasteiger partial charge in [0.15, 0.2) is 0 Å². The molecular formula is C22H22Br2N4O4. The molecule has 0 aliphatic rings. The Morgan fingerprint density at radius 2 is 1.72 bits per heavy atom. The highest BCUT2D eigenvalue weighted by Crippen LogP contribution is 2.25. The summed E-state index contributed by atoms with van der Waals surface area (Å²) in [6.07, 6.45) is 0.580. The van der Waals surface area contributed by atoms with Crippen molar-refractivity contribution in [3.63, 3.8) is 0 Å². The zero-order valence-corrected chi connectivity index (χ0v) is 20.7. The first kappa shape index (κ1) is 24.0. The number of hydrogen-bond acceptors (Lipinski definition) is 4. The number of anilines is 1. The monoisotopic (exact) mass is 564 g/mol. The Labute approximate surface area is 201 Å². The third kappa shape index (κ3) is 5.76. The summed E-state index contributed by atoms with van der Waals surface area (Å²) < 4.78 is 7.97. The minimum atomic E-state index is -0.878. The smallest absolute Gasteiger partial charge is 0.328 e. The molecule has 1 aromatic heterocycles. The number of benzene rings is 2. The van der Waals surface area contributed by atoms with Gasteiger partial charge in [-0.1, -0.05) is 31.9 Å². The largest absolute Gasteiger partial charge is 0.385 e. The van der Waals surface area contributed by atoms with Crippen molar-refractivity contribution in [1.82, 2.24) is 9.99 Å². The fourth-order valence-electron chi connectivity index (χ4n) is 3.08. The maximum absolute atomic E-state index is 13.1. The van der Waals surface area contributed by atoms with Crippen LogP contribution in [0.15, 0.2) is 51.4 Å². The predicted molar refractivity (Wildman–Crippen MR) is 130 cm³/mol. The van der Waals surface area contributed by atoms with E-state index in [4.69, 9.17) is 4.74 Å². The maximum Gasteiger partial charge on any atom is 0.328 e. The van der Waals surface area contributed by atoms with Crippen molar-refractivity contribution in [2.24, 2.45) is 0 Å². The first-order valence-electron chi connectivity index (χ1n) is 9.77. The second-order valence-corrected chi connectivity index (χ2v) is 8.86. The van der Waals surface area contributed by atoms with E-state index >= 15 is 0 Å². The van der Waals surface area contributed by atoms with Crippen molar-refractivity contribution in [2.75, 3.05) is 31.0 Å². The molecule has 2 aromatic carbocycles. The summed E-state index contributed by atoms with van der Waals surface area (Å²) in [6, 6.07) is 12.5. The minimum absolute atomic E-state index is 0.181. The molecule has 0 saturated carbocycles. The Hall–Kier alpha value is -2.69. The number of halogens is 2. The average molecular weight is 566 g/mol. The number of amides is 3. The van der Waals surface area contributed by atoms with Crippen LogP contribution in [-0.4, -0.2) is 42.7 Å². The summed E-state index contributed by atoms with van der Waals surface area (Å²) in [6.45, 7) is 2.65. The van der Waals surface area contributed by atoms with Crippen molar-refractivity contribution in [2.45, 2.75) is 13.3 Å². The van der Waals surface area contributed by atoms with Gasteiger partial charge in [0, 0.05) is 40.3 Å². The van der Waals surface area contributed by atoms with Crippen molar-refractivity contribution in [3.8, 4) is 0 Å². The second-order valence-electron chi connectivity index (χ2n) is 7.02. The highest BCUT2D eigenvalue weighted by Gasteiger charge is 2.21. The molecule has 0 bridgehead atoms. The molecular weight excluding hydrogens is 544 g/mol. The maximum atomic E-state index is 13.1. The highest BCUT2D eigenvalue weighted by atomic mass is 79.9. The lowest BCUT2D eigenvalue weighted by molar-refractivity contribution is -0.136. The van der Waals surface area contributed by atoms with Crippen LogP contribution in [0.5, 0.6) is 0 Å². The van der Waals surface area contributed by atoms with Gasteiger partial charge in [-0.2, -0.15) is 0 Å². The van der Waals surface area contributed by atoms with E-state index in [1.165, 1.54) is 4.68 Å². The fraction of sp³-hybridized carbons (Fsp3) is 0.227. The molecule has 0 aliphatic carbocycles. The first-order valence-corrected chi connectivity index (χ1v) is 11.4. The van der Waals surface area contributed by atoms with E-state index in [1.807, 2.05) is 25.1 Å². The van der Waals surface area contributed by atoms with Crippen LogP contribution in [-0.2, 0) is 14.3 Å². The van der Waals surface area contributed by atoms with Crippen molar-refractivity contribution < 1.29 is 19.1 Å². The van der Waals surface area contributed by atoms with Crippen molar-refractivity contribution in [3.05, 3.63) is 62.7 Å². The molecule has 3 rings (SSSR count). The summed E-state index contributed by atoms with van der Waals surface area (Å²) in [5, 5.41) is 6.11. The van der Waals surface area contributed by atoms with Crippen LogP contribution in [0, 0.1) is 6.92 Å². The number of methoxy groups -OCH3 is 1. The third-order valence-electron chi connectivity index (χ3n) is 4.66. The number of ether oxygens (including phenoxy) is 1. The molecule has 0 radical (unpaired) electrons. The number of carbonyl (C=O) groups excluding carboxylic acids is 3. The van der Waals surface area contributed by atoms with E-state index in [1.54, 1.807) is 31.4 Å². The molecule has 8 nitrogen and oxygen atoms in total. The normalized spacial score (nSPS) is 10.8. The molecule has 0 unspecified atom stereocenters. The van der Waals surface area contributed by atoms with Gasteiger partial charge in [-0.05, 0) is 61.4 Å². The topological polar surface area (TPSA) is 101 Å². The molecule has 0 aliphatic heterocycles. The summed E-state index contributed by atoms with van der Waals surface area (Å²) >= 11 is 6.82. The van der Waals surface area contributed by atoms with E-state index in [0.29, 0.717) is 30.8 Å². The van der Waals surface area contributed by atoms with Gasteiger partial charge in [-0.15, -0.1) is 0 Å². The third-order valence-corrected chi connectivity index (χ3v) is 5.65. The van der Waals surface area contributed by atoms with Crippen LogP contribution in [0.1, 0.15) is 22.5 Å². The number of nitrogens with zero attached hydrogens (tertiary/aromatic N) is 1. The Morgan fingerprint density at radius 1 is 1.00 bits per heavy atom. The fourth-order valence-corrected chi connectivity index (χ4v) is 3.93. The number of aromatic nitrogens is 1. The van der Waals surface area contributed by atoms with E-state index in [0.717, 1.165) is 19.9 Å². The number of hydrogen-bond donors (Lipinski definition) is 3. The van der Waals surface area contributed by atoms with Gasteiger partial charge < -0.3 is 15.4 Å². The van der Waals surface area contributed by atoms with Crippen LogP contribution in [0.2, 0.25) is 0 Å². The quantitative estimate of drug-likeness (QED) is 0.298. The van der Waals surface area contributed by atoms with Crippen LogP contribution in [0.4, 0.5) is 5.69 Å².